The fourth-order valence-corrected chi connectivity index (χ4v) is 2.03. The van der Waals surface area contributed by atoms with Crippen LogP contribution in [0.3, 0.4) is 0 Å². The second-order valence-corrected chi connectivity index (χ2v) is 7.59. The van der Waals surface area contributed by atoms with Gasteiger partial charge in [-0.2, -0.15) is 0 Å². The molecule has 0 heterocycles. The topological polar surface area (TPSA) is 90.7 Å². The molecule has 0 aliphatic carbocycles. The molecule has 1 aromatic carbocycles. The van der Waals surface area contributed by atoms with Crippen molar-refractivity contribution in [3.8, 4) is 17.6 Å². The van der Waals surface area contributed by atoms with Gasteiger partial charge in [0.2, 0.25) is 3.79 Å². The predicted octanol–water partition coefficient (Wildman–Crippen LogP) is 4.15. The highest BCUT2D eigenvalue weighted by Crippen LogP contribution is 2.32. The molecule has 0 aromatic heterocycles. The predicted molar refractivity (Wildman–Crippen MR) is 98.8 cm³/mol. The minimum Gasteiger partial charge on any atom is -0.477 e. The quantitative estimate of drug-likeness (QED) is 0.545. The molecule has 0 spiro atoms. The molecule has 0 aliphatic rings. The number of nitrogens with two attached hydrogens (primary N) is 1. The Morgan fingerprint density at radius 1 is 1.36 bits per heavy atom. The Labute approximate surface area is 164 Å². The summed E-state index contributed by atoms with van der Waals surface area (Å²) in [5, 5.41) is 2.40. The van der Waals surface area contributed by atoms with Gasteiger partial charge in [-0.25, -0.2) is 4.79 Å². The van der Waals surface area contributed by atoms with Crippen molar-refractivity contribution in [1.82, 2.24) is 0 Å². The number of carbonyl (C=O) groups is 2. The third-order valence-electron chi connectivity index (χ3n) is 2.59. The Kier molecular flexibility index (Phi) is 7.97. The number of hydrogen-bond donors (Lipinski definition) is 2. The zero-order chi connectivity index (χ0) is 19.2. The summed E-state index contributed by atoms with van der Waals surface area (Å²) in [6.07, 6.45) is -1.43. The third-order valence-corrected chi connectivity index (χ3v) is 3.23. The maximum atomic E-state index is 11.7. The van der Waals surface area contributed by atoms with E-state index in [1.807, 2.05) is 0 Å². The maximum absolute atomic E-state index is 11.7. The number of benzene rings is 1. The summed E-state index contributed by atoms with van der Waals surface area (Å²) in [6.45, 7) is 2.86. The number of halogens is 4. The number of rotatable bonds is 5. The summed E-state index contributed by atoms with van der Waals surface area (Å²) in [4.78, 5) is 23.3. The molecule has 0 aliphatic heterocycles. The summed E-state index contributed by atoms with van der Waals surface area (Å²) in [5.74, 6) is 4.79. The van der Waals surface area contributed by atoms with Crippen LogP contribution < -0.4 is 15.8 Å². The van der Waals surface area contributed by atoms with E-state index in [-0.39, 0.29) is 22.0 Å². The molecule has 0 radical (unpaired) electrons. The van der Waals surface area contributed by atoms with Gasteiger partial charge in [0.15, 0.2) is 6.10 Å². The zero-order valence-corrected chi connectivity index (χ0v) is 16.2. The van der Waals surface area contributed by atoms with E-state index in [9.17, 15) is 9.59 Å². The molecule has 0 saturated heterocycles. The Morgan fingerprint density at radius 2 is 2.00 bits per heavy atom. The lowest BCUT2D eigenvalue weighted by molar-refractivity contribution is 0.0995. The number of amides is 2. The number of carbonyl (C=O) groups excluding carboxylic acids is 2. The van der Waals surface area contributed by atoms with Crippen LogP contribution >= 0.6 is 46.4 Å². The van der Waals surface area contributed by atoms with Gasteiger partial charge in [0.25, 0.3) is 5.91 Å². The minimum absolute atomic E-state index is 0.0370. The molecule has 1 aromatic rings. The van der Waals surface area contributed by atoms with Gasteiger partial charge in [-0.1, -0.05) is 52.3 Å². The van der Waals surface area contributed by atoms with Gasteiger partial charge in [-0.15, -0.1) is 5.92 Å². The average Bonchev–Trinajstić information content (AvgIpc) is 2.47. The van der Waals surface area contributed by atoms with Gasteiger partial charge in [0, 0.05) is 6.07 Å². The van der Waals surface area contributed by atoms with E-state index in [4.69, 9.17) is 61.6 Å². The molecule has 25 heavy (non-hydrogen) atoms. The summed E-state index contributed by atoms with van der Waals surface area (Å²) < 4.78 is 8.54. The molecule has 10 heteroatoms. The van der Waals surface area contributed by atoms with Crippen LogP contribution in [0.25, 0.3) is 0 Å². The number of nitrogens with one attached hydrogen (secondary N) is 1. The molecule has 0 fully saturated rings. The molecular formula is C15H14Cl4N2O4. The average molecular weight is 428 g/mol. The largest absolute Gasteiger partial charge is 0.477 e. The fourth-order valence-electron chi connectivity index (χ4n) is 1.66. The van der Waals surface area contributed by atoms with E-state index >= 15 is 0 Å². The smallest absolute Gasteiger partial charge is 0.411 e. The molecule has 136 valence electrons. The van der Waals surface area contributed by atoms with Gasteiger partial charge in [-0.3, -0.25) is 10.1 Å². The highest BCUT2D eigenvalue weighted by molar-refractivity contribution is 6.67. The summed E-state index contributed by atoms with van der Waals surface area (Å²) >= 11 is 22.5. The first-order valence-corrected chi connectivity index (χ1v) is 8.27. The lowest BCUT2D eigenvalue weighted by atomic mass is 10.1. The van der Waals surface area contributed by atoms with Crippen molar-refractivity contribution in [2.24, 2.45) is 5.73 Å². The maximum Gasteiger partial charge on any atom is 0.411 e. The molecule has 0 saturated carbocycles. The Bertz CT molecular complexity index is 723. The van der Waals surface area contributed by atoms with Crippen molar-refractivity contribution >= 4 is 64.1 Å². The van der Waals surface area contributed by atoms with Gasteiger partial charge in [0.05, 0.1) is 16.3 Å². The minimum atomic E-state index is -1.75. The molecule has 0 bridgehead atoms. The molecule has 3 N–H and O–H groups in total. The molecule has 2 amide bonds. The highest BCUT2D eigenvalue weighted by atomic mass is 35.6. The monoisotopic (exact) mass is 426 g/mol. The summed E-state index contributed by atoms with van der Waals surface area (Å²) in [7, 11) is 0. The van der Waals surface area contributed by atoms with Crippen molar-refractivity contribution < 1.29 is 19.1 Å². The van der Waals surface area contributed by atoms with Crippen molar-refractivity contribution in [3.05, 3.63) is 22.7 Å². The summed E-state index contributed by atoms with van der Waals surface area (Å²) in [5.41, 5.74) is 5.47. The summed E-state index contributed by atoms with van der Waals surface area (Å²) in [6, 6.07) is 2.59. The van der Waals surface area contributed by atoms with Crippen molar-refractivity contribution in [3.63, 3.8) is 0 Å². The second-order valence-electron chi connectivity index (χ2n) is 4.66. The van der Waals surface area contributed by atoms with Crippen LogP contribution in [0.5, 0.6) is 5.75 Å². The van der Waals surface area contributed by atoms with Crippen LogP contribution in [0.4, 0.5) is 10.5 Å². The van der Waals surface area contributed by atoms with Gasteiger partial charge in [0.1, 0.15) is 12.4 Å². The second kappa shape index (κ2) is 9.25. The number of ether oxygens (including phenoxy) is 2. The van der Waals surface area contributed by atoms with E-state index in [1.165, 1.54) is 12.1 Å². The zero-order valence-electron chi connectivity index (χ0n) is 13.2. The standard InChI is InChI=1S/C15H14Cl4N2O4/c1-3-4-8(2)25-12-6-11(10(16)5-9(12)13(20)22)21-14(23)24-7-15(17,18)19/h5-6,8H,7H2,1-2H3,(H2,20,22)(H,21,23). The van der Waals surface area contributed by atoms with Gasteiger partial charge in [-0.05, 0) is 19.9 Å². The highest BCUT2D eigenvalue weighted by Gasteiger charge is 2.23. The van der Waals surface area contributed by atoms with Crippen LogP contribution in [0.1, 0.15) is 24.2 Å². The van der Waals surface area contributed by atoms with E-state index in [2.05, 4.69) is 17.2 Å². The molecular weight excluding hydrogens is 414 g/mol. The van der Waals surface area contributed by atoms with Crippen molar-refractivity contribution in [1.29, 1.82) is 0 Å². The number of anilines is 1. The molecule has 1 atom stereocenters. The number of primary amides is 1. The Morgan fingerprint density at radius 3 is 2.52 bits per heavy atom. The lowest BCUT2D eigenvalue weighted by Gasteiger charge is -2.16. The van der Waals surface area contributed by atoms with E-state index in [0.717, 1.165) is 0 Å². The van der Waals surface area contributed by atoms with Crippen molar-refractivity contribution in [2.45, 2.75) is 23.7 Å². The van der Waals surface area contributed by atoms with Crippen LogP contribution in [-0.4, -0.2) is 28.5 Å². The fraction of sp³-hybridized carbons (Fsp3) is 0.333. The lowest BCUT2D eigenvalue weighted by Crippen LogP contribution is -2.22. The van der Waals surface area contributed by atoms with Crippen LogP contribution in [0.2, 0.25) is 5.02 Å². The first-order valence-electron chi connectivity index (χ1n) is 6.76. The van der Waals surface area contributed by atoms with E-state index in [1.54, 1.807) is 13.8 Å². The molecule has 6 nitrogen and oxygen atoms in total. The van der Waals surface area contributed by atoms with E-state index < -0.39 is 28.5 Å². The number of hydrogen-bond acceptors (Lipinski definition) is 4. The van der Waals surface area contributed by atoms with Gasteiger partial charge < -0.3 is 15.2 Å². The third kappa shape index (κ3) is 7.49. The number of alkyl halides is 3. The molecule has 1 rings (SSSR count). The first kappa shape index (κ1) is 21.5. The SMILES string of the molecule is CC#CC(C)Oc1cc(NC(=O)OCC(Cl)(Cl)Cl)c(Cl)cc1C(N)=O. The molecule has 1 unspecified atom stereocenters. The van der Waals surface area contributed by atoms with Crippen LogP contribution in [0.15, 0.2) is 12.1 Å². The van der Waals surface area contributed by atoms with E-state index in [0.29, 0.717) is 0 Å². The van der Waals surface area contributed by atoms with Crippen LogP contribution in [0, 0.1) is 11.8 Å². The normalized spacial score (nSPS) is 11.8. The Hall–Kier alpha value is -1.52. The Balaban J connectivity index is 3.05. The van der Waals surface area contributed by atoms with Crippen LogP contribution in [-0.2, 0) is 4.74 Å². The first-order chi connectivity index (χ1) is 11.5. The van der Waals surface area contributed by atoms with Crippen molar-refractivity contribution in [2.75, 3.05) is 11.9 Å². The van der Waals surface area contributed by atoms with Gasteiger partial charge >= 0.3 is 6.09 Å².